The Labute approximate surface area is 139 Å². The largest absolute Gasteiger partial charge is 0.384 e. The van der Waals surface area contributed by atoms with Crippen molar-refractivity contribution >= 4 is 17.3 Å². The summed E-state index contributed by atoms with van der Waals surface area (Å²) in [5, 5.41) is 3.38. The number of amides is 1. The molecule has 0 bridgehead atoms. The van der Waals surface area contributed by atoms with Crippen molar-refractivity contribution in [2.24, 2.45) is 0 Å². The summed E-state index contributed by atoms with van der Waals surface area (Å²) in [6.45, 7) is 9.54. The molecule has 2 aromatic carbocycles. The van der Waals surface area contributed by atoms with E-state index < -0.39 is 0 Å². The van der Waals surface area contributed by atoms with Crippen molar-refractivity contribution in [3.63, 3.8) is 0 Å². The highest BCUT2D eigenvalue weighted by molar-refractivity contribution is 5.93. The fourth-order valence-corrected chi connectivity index (χ4v) is 2.66. The van der Waals surface area contributed by atoms with Gasteiger partial charge in [-0.25, -0.2) is 0 Å². The molecule has 0 saturated heterocycles. The summed E-state index contributed by atoms with van der Waals surface area (Å²) in [5.41, 5.74) is 5.68. The van der Waals surface area contributed by atoms with Crippen LogP contribution >= 0.6 is 0 Å². The summed E-state index contributed by atoms with van der Waals surface area (Å²) >= 11 is 0. The van der Waals surface area contributed by atoms with Gasteiger partial charge in [0.2, 0.25) is 5.91 Å². The van der Waals surface area contributed by atoms with Crippen LogP contribution in [0, 0.1) is 20.8 Å². The van der Waals surface area contributed by atoms with E-state index in [1.807, 2.05) is 36.9 Å². The normalized spacial score (nSPS) is 10.4. The lowest BCUT2D eigenvalue weighted by Crippen LogP contribution is -2.31. The summed E-state index contributed by atoms with van der Waals surface area (Å²) < 4.78 is 0. The van der Waals surface area contributed by atoms with Gasteiger partial charge in [0.15, 0.2) is 0 Å². The second kappa shape index (κ2) is 7.82. The third-order valence-electron chi connectivity index (χ3n) is 3.98. The molecule has 0 spiro atoms. The molecule has 3 nitrogen and oxygen atoms in total. The van der Waals surface area contributed by atoms with Crippen molar-refractivity contribution in [1.82, 2.24) is 0 Å². The molecule has 0 saturated carbocycles. The third kappa shape index (κ3) is 4.59. The SMILES string of the molecule is CCN(C(=O)CCNc1cc(C)ccc1C)c1cccc(C)c1. The standard InChI is InChI=1S/C20H26N2O/c1-5-22(18-8-6-7-15(2)13-18)20(23)11-12-21-19-14-16(3)9-10-17(19)4/h6-10,13-14,21H,5,11-12H2,1-4H3. The first-order chi connectivity index (χ1) is 11.0. The van der Waals surface area contributed by atoms with Crippen LogP contribution in [-0.4, -0.2) is 19.0 Å². The van der Waals surface area contributed by atoms with E-state index in [1.165, 1.54) is 16.7 Å². The van der Waals surface area contributed by atoms with Gasteiger partial charge in [0.05, 0.1) is 0 Å². The molecular weight excluding hydrogens is 284 g/mol. The molecule has 2 rings (SSSR count). The van der Waals surface area contributed by atoms with Crippen molar-refractivity contribution in [3.8, 4) is 0 Å². The Kier molecular flexibility index (Phi) is 5.80. The van der Waals surface area contributed by atoms with Crippen LogP contribution in [0.4, 0.5) is 11.4 Å². The zero-order valence-corrected chi connectivity index (χ0v) is 14.5. The maximum Gasteiger partial charge on any atom is 0.228 e. The predicted molar refractivity (Wildman–Crippen MR) is 98.2 cm³/mol. The van der Waals surface area contributed by atoms with Crippen molar-refractivity contribution in [2.75, 3.05) is 23.3 Å². The van der Waals surface area contributed by atoms with E-state index in [4.69, 9.17) is 0 Å². The van der Waals surface area contributed by atoms with E-state index >= 15 is 0 Å². The second-order valence-electron chi connectivity index (χ2n) is 5.97. The van der Waals surface area contributed by atoms with Crippen molar-refractivity contribution in [2.45, 2.75) is 34.1 Å². The molecular formula is C20H26N2O. The Balaban J connectivity index is 1.96. The highest BCUT2D eigenvalue weighted by Gasteiger charge is 2.13. The minimum absolute atomic E-state index is 0.149. The molecule has 0 unspecified atom stereocenters. The van der Waals surface area contributed by atoms with Crippen LogP contribution in [0.5, 0.6) is 0 Å². The molecule has 23 heavy (non-hydrogen) atoms. The fraction of sp³-hybridized carbons (Fsp3) is 0.350. The van der Waals surface area contributed by atoms with Gasteiger partial charge in [-0.3, -0.25) is 4.79 Å². The van der Waals surface area contributed by atoms with Gasteiger partial charge in [-0.1, -0.05) is 24.3 Å². The van der Waals surface area contributed by atoms with Gasteiger partial charge in [0.25, 0.3) is 0 Å². The summed E-state index contributed by atoms with van der Waals surface area (Å²) in [6, 6.07) is 14.4. The van der Waals surface area contributed by atoms with Crippen molar-refractivity contribution < 1.29 is 4.79 Å². The van der Waals surface area contributed by atoms with Gasteiger partial charge in [-0.05, 0) is 62.6 Å². The number of nitrogens with zero attached hydrogens (tertiary/aromatic N) is 1. The molecule has 2 aromatic rings. The van der Waals surface area contributed by atoms with Crippen molar-refractivity contribution in [1.29, 1.82) is 0 Å². The Bertz CT molecular complexity index is 679. The molecule has 0 aliphatic rings. The number of hydrogen-bond acceptors (Lipinski definition) is 2. The maximum atomic E-state index is 12.5. The fourth-order valence-electron chi connectivity index (χ4n) is 2.66. The summed E-state index contributed by atoms with van der Waals surface area (Å²) in [4.78, 5) is 14.4. The molecule has 0 aliphatic carbocycles. The van der Waals surface area contributed by atoms with Crippen LogP contribution in [0.1, 0.15) is 30.0 Å². The minimum atomic E-state index is 0.149. The van der Waals surface area contributed by atoms with Gasteiger partial charge >= 0.3 is 0 Å². The monoisotopic (exact) mass is 310 g/mol. The molecule has 0 aromatic heterocycles. The average molecular weight is 310 g/mol. The molecule has 1 amide bonds. The molecule has 122 valence electrons. The lowest BCUT2D eigenvalue weighted by Gasteiger charge is -2.22. The Hall–Kier alpha value is -2.29. The summed E-state index contributed by atoms with van der Waals surface area (Å²) in [5.74, 6) is 0.149. The molecule has 3 heteroatoms. The first kappa shape index (κ1) is 17.1. The van der Waals surface area contributed by atoms with E-state index in [0.29, 0.717) is 19.5 Å². The number of aryl methyl sites for hydroxylation is 3. The molecule has 1 N–H and O–H groups in total. The second-order valence-corrected chi connectivity index (χ2v) is 5.97. The zero-order chi connectivity index (χ0) is 16.8. The molecule has 0 aliphatic heterocycles. The first-order valence-corrected chi connectivity index (χ1v) is 8.19. The number of carbonyl (C=O) groups is 1. The first-order valence-electron chi connectivity index (χ1n) is 8.19. The van der Waals surface area contributed by atoms with E-state index in [0.717, 1.165) is 11.4 Å². The Morgan fingerprint density at radius 2 is 1.78 bits per heavy atom. The summed E-state index contributed by atoms with van der Waals surface area (Å²) in [6.07, 6.45) is 0.481. The van der Waals surface area contributed by atoms with Gasteiger partial charge in [0, 0.05) is 30.9 Å². The molecule has 0 radical (unpaired) electrons. The number of nitrogens with one attached hydrogen (secondary N) is 1. The van der Waals surface area contributed by atoms with Gasteiger partial charge in [-0.2, -0.15) is 0 Å². The summed E-state index contributed by atoms with van der Waals surface area (Å²) in [7, 11) is 0. The topological polar surface area (TPSA) is 32.3 Å². The number of rotatable bonds is 6. The van der Waals surface area contributed by atoms with E-state index in [-0.39, 0.29) is 5.91 Å². The predicted octanol–water partition coefficient (Wildman–Crippen LogP) is 4.47. The van der Waals surface area contributed by atoms with E-state index in [1.54, 1.807) is 0 Å². The quantitative estimate of drug-likeness (QED) is 0.854. The third-order valence-corrected chi connectivity index (χ3v) is 3.98. The lowest BCUT2D eigenvalue weighted by atomic mass is 10.1. The highest BCUT2D eigenvalue weighted by atomic mass is 16.2. The number of hydrogen-bond donors (Lipinski definition) is 1. The van der Waals surface area contributed by atoms with Crippen LogP contribution in [0.15, 0.2) is 42.5 Å². The zero-order valence-electron chi connectivity index (χ0n) is 14.5. The van der Waals surface area contributed by atoms with Gasteiger partial charge < -0.3 is 10.2 Å². The van der Waals surface area contributed by atoms with Crippen LogP contribution in [-0.2, 0) is 4.79 Å². The number of anilines is 2. The van der Waals surface area contributed by atoms with Gasteiger partial charge in [-0.15, -0.1) is 0 Å². The van der Waals surface area contributed by atoms with E-state index in [9.17, 15) is 4.79 Å². The van der Waals surface area contributed by atoms with E-state index in [2.05, 4.69) is 43.4 Å². The minimum Gasteiger partial charge on any atom is -0.384 e. The molecule has 0 atom stereocenters. The van der Waals surface area contributed by atoms with Crippen LogP contribution in [0.3, 0.4) is 0 Å². The van der Waals surface area contributed by atoms with Gasteiger partial charge in [0.1, 0.15) is 0 Å². The lowest BCUT2D eigenvalue weighted by molar-refractivity contribution is -0.118. The van der Waals surface area contributed by atoms with Crippen LogP contribution in [0.2, 0.25) is 0 Å². The van der Waals surface area contributed by atoms with Crippen molar-refractivity contribution in [3.05, 3.63) is 59.2 Å². The molecule has 0 heterocycles. The smallest absolute Gasteiger partial charge is 0.228 e. The van der Waals surface area contributed by atoms with Crippen LogP contribution in [0.25, 0.3) is 0 Å². The Morgan fingerprint density at radius 1 is 1.04 bits per heavy atom. The molecule has 0 fully saturated rings. The Morgan fingerprint density at radius 3 is 2.48 bits per heavy atom. The number of carbonyl (C=O) groups excluding carboxylic acids is 1. The number of benzene rings is 2. The maximum absolute atomic E-state index is 12.5. The highest BCUT2D eigenvalue weighted by Crippen LogP contribution is 2.18. The average Bonchev–Trinajstić information content (AvgIpc) is 2.51. The van der Waals surface area contributed by atoms with Crippen LogP contribution < -0.4 is 10.2 Å².